The summed E-state index contributed by atoms with van der Waals surface area (Å²) in [5, 5.41) is 2.28. The maximum Gasteiger partial charge on any atom is 0.264 e. The maximum atomic E-state index is 12.3. The van der Waals surface area contributed by atoms with Crippen molar-refractivity contribution < 1.29 is 17.9 Å². The molecule has 0 saturated heterocycles. The first-order valence-corrected chi connectivity index (χ1v) is 8.64. The molecule has 0 spiro atoms. The van der Waals surface area contributed by atoms with Crippen molar-refractivity contribution in [3.8, 4) is 5.75 Å². The van der Waals surface area contributed by atoms with Gasteiger partial charge in [-0.2, -0.15) is 9.97 Å². The van der Waals surface area contributed by atoms with E-state index in [9.17, 15) is 13.2 Å². The Labute approximate surface area is 148 Å². The number of hydrogen-bond acceptors (Lipinski definition) is 6. The average Bonchev–Trinajstić information content (AvgIpc) is 2.46. The third-order valence-electron chi connectivity index (χ3n) is 2.70. The Balaban J connectivity index is 2.27. The van der Waals surface area contributed by atoms with Crippen LogP contribution in [0.5, 0.6) is 5.75 Å². The number of carbonyl (C=O) groups excluding carboxylic acids is 1. The summed E-state index contributed by atoms with van der Waals surface area (Å²) in [6.07, 6.45) is 0. The van der Waals surface area contributed by atoms with E-state index in [0.717, 1.165) is 0 Å². The van der Waals surface area contributed by atoms with Gasteiger partial charge in [0.15, 0.2) is 16.1 Å². The zero-order valence-electron chi connectivity index (χ0n) is 12.5. The summed E-state index contributed by atoms with van der Waals surface area (Å²) in [6, 6.07) is 5.54. The van der Waals surface area contributed by atoms with Crippen molar-refractivity contribution in [1.29, 1.82) is 0 Å². The number of amides is 1. The molecular formula is C13H12Cl2N4O4S. The lowest BCUT2D eigenvalue weighted by Crippen LogP contribution is -2.15. The Kier molecular flexibility index (Phi) is 5.47. The second-order valence-electron chi connectivity index (χ2n) is 4.47. The van der Waals surface area contributed by atoms with Crippen LogP contribution in [-0.4, -0.2) is 31.4 Å². The van der Waals surface area contributed by atoms with Gasteiger partial charge in [-0.3, -0.25) is 4.79 Å². The van der Waals surface area contributed by atoms with Crippen molar-refractivity contribution in [3.05, 3.63) is 34.6 Å². The first kappa shape index (κ1) is 18.2. The molecule has 1 aromatic heterocycles. The summed E-state index contributed by atoms with van der Waals surface area (Å²) in [5.41, 5.74) is 0.466. The molecule has 0 aliphatic carbocycles. The third-order valence-corrected chi connectivity index (χ3v) is 4.55. The summed E-state index contributed by atoms with van der Waals surface area (Å²) in [4.78, 5) is 18.4. The van der Waals surface area contributed by atoms with Crippen LogP contribution in [0.3, 0.4) is 0 Å². The largest absolute Gasteiger partial charge is 0.491 e. The molecule has 2 N–H and O–H groups in total. The number of anilines is 2. The molecule has 0 saturated carbocycles. The van der Waals surface area contributed by atoms with E-state index in [1.54, 1.807) is 0 Å². The highest BCUT2D eigenvalue weighted by atomic mass is 35.5. The summed E-state index contributed by atoms with van der Waals surface area (Å²) in [6.45, 7) is 1.35. The lowest BCUT2D eigenvalue weighted by Gasteiger charge is -2.10. The van der Waals surface area contributed by atoms with E-state index in [2.05, 4.69) is 20.0 Å². The maximum absolute atomic E-state index is 12.3. The van der Waals surface area contributed by atoms with Crippen LogP contribution in [0.2, 0.25) is 10.3 Å². The van der Waals surface area contributed by atoms with Crippen LogP contribution in [0.1, 0.15) is 6.92 Å². The van der Waals surface area contributed by atoms with Gasteiger partial charge >= 0.3 is 0 Å². The first-order valence-electron chi connectivity index (χ1n) is 6.40. The number of carbonyl (C=O) groups is 1. The van der Waals surface area contributed by atoms with E-state index in [1.807, 2.05) is 0 Å². The van der Waals surface area contributed by atoms with E-state index < -0.39 is 10.0 Å². The minimum absolute atomic E-state index is 0.0425. The molecule has 1 heterocycles. The third kappa shape index (κ3) is 4.25. The topological polar surface area (TPSA) is 110 Å². The van der Waals surface area contributed by atoms with Gasteiger partial charge in [-0.1, -0.05) is 23.2 Å². The highest BCUT2D eigenvalue weighted by molar-refractivity contribution is 7.92. The Bertz CT molecular complexity index is 849. The van der Waals surface area contributed by atoms with Gasteiger partial charge in [-0.25, -0.2) is 13.1 Å². The highest BCUT2D eigenvalue weighted by Crippen LogP contribution is 2.30. The number of sulfonamides is 1. The van der Waals surface area contributed by atoms with Crippen LogP contribution in [0.15, 0.2) is 29.2 Å². The quantitative estimate of drug-likeness (QED) is 0.758. The summed E-state index contributed by atoms with van der Waals surface area (Å²) in [5.74, 6) is -0.516. The predicted octanol–water partition coefficient (Wildman–Crippen LogP) is 2.55. The molecule has 0 bridgehead atoms. The summed E-state index contributed by atoms with van der Waals surface area (Å²) < 4.78 is 31.7. The number of halogens is 2. The minimum atomic E-state index is -3.96. The molecule has 0 aliphatic rings. The van der Waals surface area contributed by atoms with Crippen molar-refractivity contribution in [2.24, 2.45) is 0 Å². The van der Waals surface area contributed by atoms with Crippen LogP contribution < -0.4 is 14.8 Å². The Hall–Kier alpha value is -2.10. The van der Waals surface area contributed by atoms with Crippen LogP contribution in [0.4, 0.5) is 11.6 Å². The number of ether oxygens (including phenoxy) is 1. The molecule has 0 aliphatic heterocycles. The number of methoxy groups -OCH3 is 1. The molecule has 2 rings (SSSR count). The number of benzene rings is 1. The SMILES string of the molecule is COc1c(Cl)nc(NS(=O)(=O)c2ccc(NC(C)=O)cc2)nc1Cl. The zero-order valence-corrected chi connectivity index (χ0v) is 14.8. The fourth-order valence-corrected chi connectivity index (χ4v) is 3.20. The number of rotatable bonds is 5. The van der Waals surface area contributed by atoms with Gasteiger partial charge in [0, 0.05) is 12.6 Å². The second-order valence-corrected chi connectivity index (χ2v) is 6.87. The van der Waals surface area contributed by atoms with Gasteiger partial charge in [0.1, 0.15) is 0 Å². The average molecular weight is 391 g/mol. The molecule has 24 heavy (non-hydrogen) atoms. The molecular weight excluding hydrogens is 379 g/mol. The van der Waals surface area contributed by atoms with E-state index in [-0.39, 0.29) is 32.8 Å². The fourth-order valence-electron chi connectivity index (χ4n) is 1.71. The first-order chi connectivity index (χ1) is 11.2. The van der Waals surface area contributed by atoms with Gasteiger partial charge in [-0.05, 0) is 24.3 Å². The lowest BCUT2D eigenvalue weighted by molar-refractivity contribution is -0.114. The van der Waals surface area contributed by atoms with E-state index >= 15 is 0 Å². The fraction of sp³-hybridized carbons (Fsp3) is 0.154. The van der Waals surface area contributed by atoms with Gasteiger partial charge < -0.3 is 10.1 Å². The second kappa shape index (κ2) is 7.20. The van der Waals surface area contributed by atoms with Crippen LogP contribution in [-0.2, 0) is 14.8 Å². The smallest absolute Gasteiger partial charge is 0.264 e. The van der Waals surface area contributed by atoms with Gasteiger partial charge in [0.25, 0.3) is 10.0 Å². The van der Waals surface area contributed by atoms with Crippen molar-refractivity contribution in [3.63, 3.8) is 0 Å². The van der Waals surface area contributed by atoms with E-state index in [0.29, 0.717) is 5.69 Å². The number of hydrogen-bond donors (Lipinski definition) is 2. The predicted molar refractivity (Wildman–Crippen MR) is 90.2 cm³/mol. The Morgan fingerprint density at radius 3 is 2.12 bits per heavy atom. The van der Waals surface area contributed by atoms with Crippen molar-refractivity contribution in [2.75, 3.05) is 17.1 Å². The zero-order chi connectivity index (χ0) is 17.9. The molecule has 0 radical (unpaired) electrons. The molecule has 11 heteroatoms. The Morgan fingerprint density at radius 2 is 1.67 bits per heavy atom. The minimum Gasteiger partial charge on any atom is -0.491 e. The Morgan fingerprint density at radius 1 is 1.12 bits per heavy atom. The van der Waals surface area contributed by atoms with Gasteiger partial charge in [0.05, 0.1) is 12.0 Å². The van der Waals surface area contributed by atoms with E-state index in [1.165, 1.54) is 38.3 Å². The van der Waals surface area contributed by atoms with Gasteiger partial charge in [-0.15, -0.1) is 0 Å². The molecule has 8 nitrogen and oxygen atoms in total. The molecule has 0 fully saturated rings. The monoisotopic (exact) mass is 390 g/mol. The van der Waals surface area contributed by atoms with Crippen molar-refractivity contribution in [2.45, 2.75) is 11.8 Å². The molecule has 0 atom stereocenters. The highest BCUT2D eigenvalue weighted by Gasteiger charge is 2.19. The molecule has 0 unspecified atom stereocenters. The number of aromatic nitrogens is 2. The number of nitrogens with zero attached hydrogens (tertiary/aromatic N) is 2. The van der Waals surface area contributed by atoms with Crippen molar-refractivity contribution >= 4 is 50.8 Å². The standard InChI is InChI=1S/C13H12Cl2N4O4S/c1-7(20)16-8-3-5-9(6-4-8)24(21,22)19-13-17-11(14)10(23-2)12(15)18-13/h3-6H,1-2H3,(H,16,20)(H,17,18,19). The van der Waals surface area contributed by atoms with Gasteiger partial charge in [0.2, 0.25) is 11.9 Å². The van der Waals surface area contributed by atoms with Crippen LogP contribution in [0, 0.1) is 0 Å². The lowest BCUT2D eigenvalue weighted by atomic mass is 10.3. The number of nitrogens with one attached hydrogen (secondary N) is 2. The summed E-state index contributed by atoms with van der Waals surface area (Å²) in [7, 11) is -2.63. The molecule has 128 valence electrons. The molecule has 1 aromatic carbocycles. The summed E-state index contributed by atoms with van der Waals surface area (Å²) >= 11 is 11.7. The van der Waals surface area contributed by atoms with Crippen molar-refractivity contribution in [1.82, 2.24) is 9.97 Å². The van der Waals surface area contributed by atoms with Crippen LogP contribution >= 0.6 is 23.2 Å². The van der Waals surface area contributed by atoms with Crippen LogP contribution in [0.25, 0.3) is 0 Å². The normalized spacial score (nSPS) is 11.0. The van der Waals surface area contributed by atoms with E-state index in [4.69, 9.17) is 27.9 Å². The molecule has 2 aromatic rings. The molecule has 1 amide bonds.